The number of amides is 1. The number of rotatable bonds is 9. The molecule has 9 heteroatoms. The second-order valence-electron chi connectivity index (χ2n) is 8.72. The van der Waals surface area contributed by atoms with Crippen molar-refractivity contribution in [3.63, 3.8) is 0 Å². The fraction of sp³-hybridized carbons (Fsp3) is 0.542. The number of nitrogens with one attached hydrogen (secondary N) is 2. The molecule has 1 unspecified atom stereocenters. The Morgan fingerprint density at radius 2 is 2.09 bits per heavy atom. The molecule has 1 aliphatic rings. The van der Waals surface area contributed by atoms with E-state index in [4.69, 9.17) is 15.2 Å². The third-order valence-corrected chi connectivity index (χ3v) is 5.67. The van der Waals surface area contributed by atoms with Crippen molar-refractivity contribution in [3.05, 3.63) is 52.9 Å². The quantitative estimate of drug-likeness (QED) is 0.243. The molecule has 1 atom stereocenters. The van der Waals surface area contributed by atoms with Gasteiger partial charge >= 0.3 is 0 Å². The number of hydrogen-bond acceptors (Lipinski definition) is 5. The zero-order valence-electron chi connectivity index (χ0n) is 19.8. The van der Waals surface area contributed by atoms with Gasteiger partial charge in [-0.3, -0.25) is 9.69 Å². The Bertz CT molecular complexity index is 914. The number of carbonyl (C=O) groups excluding carboxylic acids is 1. The fourth-order valence-corrected chi connectivity index (χ4v) is 3.88. The Hall–Kier alpha value is -2.14. The number of nitrogens with two attached hydrogens (primary N) is 1. The van der Waals surface area contributed by atoms with Crippen LogP contribution in [-0.2, 0) is 24.4 Å². The van der Waals surface area contributed by atoms with Gasteiger partial charge in [0.25, 0.3) is 0 Å². The maximum Gasteiger partial charge on any atom is 0.221 e. The predicted octanol–water partition coefficient (Wildman–Crippen LogP) is 3.37. The van der Waals surface area contributed by atoms with Crippen LogP contribution in [0.1, 0.15) is 62.1 Å². The van der Waals surface area contributed by atoms with Crippen LogP contribution >= 0.6 is 24.0 Å². The summed E-state index contributed by atoms with van der Waals surface area (Å²) in [5.41, 5.74) is 8.84. The molecule has 1 saturated heterocycles. The van der Waals surface area contributed by atoms with Crippen molar-refractivity contribution in [1.82, 2.24) is 20.7 Å². The van der Waals surface area contributed by atoms with Crippen LogP contribution in [0.3, 0.4) is 0 Å². The zero-order chi connectivity index (χ0) is 22.9. The number of benzene rings is 1. The Balaban J connectivity index is 0.00000385. The van der Waals surface area contributed by atoms with Crippen LogP contribution in [0.4, 0.5) is 0 Å². The van der Waals surface area contributed by atoms with Gasteiger partial charge < -0.3 is 20.9 Å². The first-order valence-corrected chi connectivity index (χ1v) is 11.5. The minimum Gasteiger partial charge on any atom is -0.369 e. The van der Waals surface area contributed by atoms with Gasteiger partial charge in [0, 0.05) is 25.7 Å². The van der Waals surface area contributed by atoms with Crippen molar-refractivity contribution >= 4 is 35.8 Å². The van der Waals surface area contributed by atoms with Crippen molar-refractivity contribution in [3.8, 4) is 0 Å². The number of halogens is 1. The summed E-state index contributed by atoms with van der Waals surface area (Å²) in [6.45, 7) is 10.7. The molecule has 0 radical (unpaired) electrons. The molecule has 1 aliphatic heterocycles. The van der Waals surface area contributed by atoms with Gasteiger partial charge in [-0.25, -0.2) is 4.99 Å². The number of carbonyl (C=O) groups is 1. The SMILES string of the molecule is CCNC(=NCc1cccc(CN2CCCC(C(N)=O)C2)c1)NCc1cc(C(C)C)no1.I. The van der Waals surface area contributed by atoms with E-state index in [0.29, 0.717) is 19.0 Å². The zero-order valence-corrected chi connectivity index (χ0v) is 22.2. The number of likely N-dealkylation sites (tertiary alicyclic amines) is 1. The Morgan fingerprint density at radius 3 is 2.79 bits per heavy atom. The summed E-state index contributed by atoms with van der Waals surface area (Å²) in [4.78, 5) is 18.6. The summed E-state index contributed by atoms with van der Waals surface area (Å²) < 4.78 is 5.40. The smallest absolute Gasteiger partial charge is 0.221 e. The topological polar surface area (TPSA) is 109 Å². The average molecular weight is 569 g/mol. The lowest BCUT2D eigenvalue weighted by Crippen LogP contribution is -2.40. The number of aliphatic imine (C=N–C) groups is 1. The van der Waals surface area contributed by atoms with E-state index in [1.807, 2.05) is 13.0 Å². The summed E-state index contributed by atoms with van der Waals surface area (Å²) in [7, 11) is 0. The molecule has 2 aromatic rings. The van der Waals surface area contributed by atoms with Crippen LogP contribution in [0, 0.1) is 5.92 Å². The van der Waals surface area contributed by atoms with E-state index in [1.54, 1.807) is 0 Å². The van der Waals surface area contributed by atoms with Crippen molar-refractivity contribution in [1.29, 1.82) is 0 Å². The van der Waals surface area contributed by atoms with Crippen molar-refractivity contribution < 1.29 is 9.32 Å². The van der Waals surface area contributed by atoms with Gasteiger partial charge in [0.1, 0.15) is 0 Å². The van der Waals surface area contributed by atoms with E-state index < -0.39 is 0 Å². The van der Waals surface area contributed by atoms with Gasteiger partial charge in [-0.1, -0.05) is 43.3 Å². The van der Waals surface area contributed by atoms with E-state index in [-0.39, 0.29) is 35.8 Å². The normalized spacial score (nSPS) is 17.0. The van der Waals surface area contributed by atoms with Crippen molar-refractivity contribution in [2.75, 3.05) is 19.6 Å². The van der Waals surface area contributed by atoms with Crippen molar-refractivity contribution in [2.24, 2.45) is 16.6 Å². The lowest BCUT2D eigenvalue weighted by atomic mass is 9.97. The molecule has 1 aromatic heterocycles. The molecule has 1 aromatic carbocycles. The van der Waals surface area contributed by atoms with E-state index >= 15 is 0 Å². The molecule has 1 amide bonds. The van der Waals surface area contributed by atoms with Crippen molar-refractivity contribution in [2.45, 2.75) is 59.2 Å². The van der Waals surface area contributed by atoms with Crippen LogP contribution in [0.15, 0.2) is 39.8 Å². The molecule has 0 spiro atoms. The van der Waals surface area contributed by atoms with E-state index in [2.05, 4.69) is 58.8 Å². The molecule has 0 saturated carbocycles. The molecule has 33 heavy (non-hydrogen) atoms. The molecule has 2 heterocycles. The lowest BCUT2D eigenvalue weighted by Gasteiger charge is -2.31. The van der Waals surface area contributed by atoms with Crippen LogP contribution < -0.4 is 16.4 Å². The third-order valence-electron chi connectivity index (χ3n) is 5.67. The Kier molecular flexibility index (Phi) is 11.1. The van der Waals surface area contributed by atoms with Gasteiger partial charge in [-0.05, 0) is 43.4 Å². The fourth-order valence-electron chi connectivity index (χ4n) is 3.88. The molecule has 8 nitrogen and oxygen atoms in total. The van der Waals surface area contributed by atoms with E-state index in [9.17, 15) is 4.79 Å². The molecule has 182 valence electrons. The second kappa shape index (κ2) is 13.5. The summed E-state index contributed by atoms with van der Waals surface area (Å²) >= 11 is 0. The summed E-state index contributed by atoms with van der Waals surface area (Å²) in [6, 6.07) is 10.4. The standard InChI is InChI=1S/C24H36N6O2.HI/c1-4-26-24(28-14-21-12-22(17(2)3)29-32-21)27-13-18-7-5-8-19(11-18)15-30-10-6-9-20(16-30)23(25)31;/h5,7-8,11-12,17,20H,4,6,9-10,13-16H2,1-3H3,(H2,25,31)(H2,26,27,28);1H. The largest absolute Gasteiger partial charge is 0.369 e. The first-order valence-electron chi connectivity index (χ1n) is 11.5. The lowest BCUT2D eigenvalue weighted by molar-refractivity contribution is -0.123. The maximum atomic E-state index is 11.5. The maximum absolute atomic E-state index is 11.5. The molecule has 4 N–H and O–H groups in total. The minimum absolute atomic E-state index is 0. The number of piperidine rings is 1. The number of primary amides is 1. The van der Waals surface area contributed by atoms with Gasteiger partial charge in [0.05, 0.1) is 24.7 Å². The Labute approximate surface area is 213 Å². The molecular formula is C24H37IN6O2. The second-order valence-corrected chi connectivity index (χ2v) is 8.72. The van der Waals surface area contributed by atoms with Crippen LogP contribution in [-0.4, -0.2) is 41.6 Å². The van der Waals surface area contributed by atoms with Crippen LogP contribution in [0.2, 0.25) is 0 Å². The number of guanidine groups is 1. The average Bonchev–Trinajstić information content (AvgIpc) is 3.26. The first kappa shape index (κ1) is 27.1. The summed E-state index contributed by atoms with van der Waals surface area (Å²) in [5, 5.41) is 10.7. The first-order chi connectivity index (χ1) is 15.4. The summed E-state index contributed by atoms with van der Waals surface area (Å²) in [5.74, 6) is 1.64. The number of aromatic nitrogens is 1. The van der Waals surface area contributed by atoms with E-state index in [1.165, 1.54) is 5.56 Å². The molecule has 3 rings (SSSR count). The monoisotopic (exact) mass is 568 g/mol. The predicted molar refractivity (Wildman–Crippen MR) is 141 cm³/mol. The molecule has 1 fully saturated rings. The molecular weight excluding hydrogens is 531 g/mol. The number of nitrogens with zero attached hydrogens (tertiary/aromatic N) is 3. The molecule has 0 bridgehead atoms. The molecule has 0 aliphatic carbocycles. The summed E-state index contributed by atoms with van der Waals surface area (Å²) in [6.07, 6.45) is 1.91. The minimum atomic E-state index is -0.188. The Morgan fingerprint density at radius 1 is 1.30 bits per heavy atom. The highest BCUT2D eigenvalue weighted by molar-refractivity contribution is 14.0. The van der Waals surface area contributed by atoms with Crippen LogP contribution in [0.5, 0.6) is 0 Å². The highest BCUT2D eigenvalue weighted by atomic mass is 127. The van der Waals surface area contributed by atoms with Gasteiger partial charge in [-0.2, -0.15) is 0 Å². The van der Waals surface area contributed by atoms with E-state index in [0.717, 1.165) is 62.0 Å². The van der Waals surface area contributed by atoms with Gasteiger partial charge in [-0.15, -0.1) is 24.0 Å². The number of hydrogen-bond donors (Lipinski definition) is 3. The van der Waals surface area contributed by atoms with Gasteiger partial charge in [0.2, 0.25) is 5.91 Å². The highest BCUT2D eigenvalue weighted by Gasteiger charge is 2.23. The highest BCUT2D eigenvalue weighted by Crippen LogP contribution is 2.19. The van der Waals surface area contributed by atoms with Crippen LogP contribution in [0.25, 0.3) is 0 Å². The third kappa shape index (κ3) is 8.62. The van der Waals surface area contributed by atoms with Gasteiger partial charge in [0.15, 0.2) is 11.7 Å².